The van der Waals surface area contributed by atoms with E-state index in [1.54, 1.807) is 0 Å². The smallest absolute Gasteiger partial charge is 0.187 e. The zero-order valence-electron chi connectivity index (χ0n) is 24.0. The molecule has 264 valence electrons. The molecular weight excluding hydrogens is 620 g/mol. The molecule has 20 atom stereocenters. The molecule has 0 aliphatic carbocycles. The molecule has 0 aromatic rings. The summed E-state index contributed by atoms with van der Waals surface area (Å²) in [6.07, 6.45) is -32.8. The first-order valence-corrected chi connectivity index (χ1v) is 14.4. The monoisotopic (exact) mass is 664 g/mol. The molecule has 4 aliphatic rings. The molecule has 4 aliphatic heterocycles. The second-order valence-corrected chi connectivity index (χ2v) is 11.5. The summed E-state index contributed by atoms with van der Waals surface area (Å²) >= 11 is 0. The van der Waals surface area contributed by atoms with Gasteiger partial charge in [-0.3, -0.25) is 0 Å². The zero-order chi connectivity index (χ0) is 33.3. The van der Waals surface area contributed by atoms with Crippen molar-refractivity contribution in [3.05, 3.63) is 0 Å². The van der Waals surface area contributed by atoms with Gasteiger partial charge in [-0.15, -0.1) is 0 Å². The maximum atomic E-state index is 11.0. The van der Waals surface area contributed by atoms with E-state index in [1.807, 2.05) is 0 Å². The van der Waals surface area contributed by atoms with Gasteiger partial charge >= 0.3 is 0 Å². The highest BCUT2D eigenvalue weighted by molar-refractivity contribution is 4.98. The van der Waals surface area contributed by atoms with E-state index < -0.39 is 149 Å². The lowest BCUT2D eigenvalue weighted by atomic mass is 9.93. The number of rotatable bonds is 10. The molecule has 4 heterocycles. The Balaban J connectivity index is 1.51. The van der Waals surface area contributed by atoms with Crippen molar-refractivity contribution in [2.75, 3.05) is 26.4 Å². The molecule has 20 heteroatoms. The van der Waals surface area contributed by atoms with Gasteiger partial charge in [0.05, 0.1) is 32.5 Å². The van der Waals surface area contributed by atoms with Crippen LogP contribution in [0.4, 0.5) is 0 Å². The minimum absolute atomic E-state index is 0.697. The molecule has 0 aromatic carbocycles. The molecule has 0 amide bonds. The molecule has 45 heavy (non-hydrogen) atoms. The Morgan fingerprint density at radius 3 is 1.18 bits per heavy atom. The Kier molecular flexibility index (Phi) is 12.8. The Morgan fingerprint density at radius 2 is 0.733 bits per heavy atom. The predicted molar refractivity (Wildman–Crippen MR) is 137 cm³/mol. The van der Waals surface area contributed by atoms with Gasteiger partial charge in [0.25, 0.3) is 0 Å². The Labute approximate surface area is 256 Å². The average Bonchev–Trinajstić information content (AvgIpc) is 3.03. The molecule has 4 rings (SSSR count). The third-order valence-electron chi connectivity index (χ3n) is 8.46. The van der Waals surface area contributed by atoms with Crippen LogP contribution in [-0.2, 0) is 33.2 Å². The van der Waals surface area contributed by atoms with Crippen molar-refractivity contribution in [1.82, 2.24) is 0 Å². The molecule has 4 saturated heterocycles. The van der Waals surface area contributed by atoms with E-state index in [2.05, 4.69) is 0 Å². The normalized spacial score (nSPS) is 52.9. The first-order chi connectivity index (χ1) is 21.3. The summed E-state index contributed by atoms with van der Waals surface area (Å²) in [5.41, 5.74) is 0. The summed E-state index contributed by atoms with van der Waals surface area (Å²) < 4.78 is 39.0. The summed E-state index contributed by atoms with van der Waals surface area (Å²) in [5.74, 6) is 0. The van der Waals surface area contributed by atoms with E-state index in [9.17, 15) is 66.4 Å². The van der Waals surface area contributed by atoms with Crippen LogP contribution in [0.15, 0.2) is 0 Å². The number of hydrogen-bond donors (Lipinski definition) is 13. The van der Waals surface area contributed by atoms with Crippen molar-refractivity contribution in [2.24, 2.45) is 0 Å². The number of hydrogen-bond acceptors (Lipinski definition) is 20. The summed E-state index contributed by atoms with van der Waals surface area (Å²) in [6.45, 7) is -1.66. The number of aliphatic hydroxyl groups excluding tert-OH is 13. The lowest BCUT2D eigenvalue weighted by Gasteiger charge is -2.49. The van der Waals surface area contributed by atoms with Crippen LogP contribution in [0.25, 0.3) is 0 Å². The predicted octanol–water partition coefficient (Wildman–Crippen LogP) is -8.68. The summed E-state index contributed by atoms with van der Waals surface area (Å²) in [6, 6.07) is 0. The summed E-state index contributed by atoms with van der Waals surface area (Å²) in [4.78, 5) is 0. The van der Waals surface area contributed by atoms with Crippen LogP contribution in [0.2, 0.25) is 0 Å². The van der Waals surface area contributed by atoms with Gasteiger partial charge in [0.15, 0.2) is 18.9 Å². The topological polar surface area (TPSA) is 328 Å². The summed E-state index contributed by atoms with van der Waals surface area (Å²) in [5, 5.41) is 133. The van der Waals surface area contributed by atoms with Crippen LogP contribution in [0.3, 0.4) is 0 Å². The van der Waals surface area contributed by atoms with Crippen LogP contribution < -0.4 is 0 Å². The molecule has 20 nitrogen and oxygen atoms in total. The summed E-state index contributed by atoms with van der Waals surface area (Å²) in [7, 11) is 0. The molecule has 0 aromatic heterocycles. The fourth-order valence-electron chi connectivity index (χ4n) is 5.76. The lowest BCUT2D eigenvalue weighted by molar-refractivity contribution is -0.383. The molecule has 0 bridgehead atoms. The van der Waals surface area contributed by atoms with Gasteiger partial charge in [0.1, 0.15) is 97.7 Å². The molecule has 0 spiro atoms. The van der Waals surface area contributed by atoms with Crippen LogP contribution >= 0.6 is 0 Å². The van der Waals surface area contributed by atoms with E-state index in [0.29, 0.717) is 0 Å². The fourth-order valence-corrected chi connectivity index (χ4v) is 5.76. The quantitative estimate of drug-likeness (QED) is 0.103. The van der Waals surface area contributed by atoms with Crippen molar-refractivity contribution in [3.63, 3.8) is 0 Å². The first-order valence-electron chi connectivity index (χ1n) is 14.4. The minimum Gasteiger partial charge on any atom is -0.394 e. The molecule has 4 fully saturated rings. The highest BCUT2D eigenvalue weighted by Gasteiger charge is 2.55. The first kappa shape index (κ1) is 37.0. The number of ether oxygens (including phenoxy) is 7. The second kappa shape index (κ2) is 15.6. The Hall–Kier alpha value is -0.800. The largest absolute Gasteiger partial charge is 0.394 e. The zero-order valence-corrected chi connectivity index (χ0v) is 24.0. The third kappa shape index (κ3) is 7.45. The van der Waals surface area contributed by atoms with Crippen LogP contribution in [0.5, 0.6) is 0 Å². The highest BCUT2D eigenvalue weighted by Crippen LogP contribution is 2.34. The molecular formula is C25H44O20. The van der Waals surface area contributed by atoms with E-state index in [-0.39, 0.29) is 0 Å². The van der Waals surface area contributed by atoms with Crippen molar-refractivity contribution in [2.45, 2.75) is 130 Å². The van der Waals surface area contributed by atoms with E-state index in [1.165, 1.54) is 6.92 Å². The number of aliphatic hydroxyl groups is 13. The van der Waals surface area contributed by atoms with Crippen LogP contribution in [0.1, 0.15) is 6.92 Å². The highest BCUT2D eigenvalue weighted by atomic mass is 16.8. The van der Waals surface area contributed by atoms with Gasteiger partial charge in [0, 0.05) is 0 Å². The van der Waals surface area contributed by atoms with Crippen molar-refractivity contribution >= 4 is 0 Å². The Bertz CT molecular complexity index is 912. The van der Waals surface area contributed by atoms with Gasteiger partial charge in [0.2, 0.25) is 0 Å². The molecule has 0 unspecified atom stereocenters. The van der Waals surface area contributed by atoms with Crippen molar-refractivity contribution in [3.8, 4) is 0 Å². The Morgan fingerprint density at radius 1 is 0.378 bits per heavy atom. The van der Waals surface area contributed by atoms with Gasteiger partial charge in [-0.2, -0.15) is 0 Å². The second-order valence-electron chi connectivity index (χ2n) is 11.5. The third-order valence-corrected chi connectivity index (χ3v) is 8.46. The maximum Gasteiger partial charge on any atom is 0.187 e. The van der Waals surface area contributed by atoms with Crippen molar-refractivity contribution < 1.29 is 99.5 Å². The SMILES string of the molecule is C[C@@H]1O[C@H](CO)[C@@H](O)[C@H](O[C@@H]2O[C@H](CO)[C@@H](O)[C@H](O)[C@H]2O)[C@H]1O[C@@H]1O[C@H](CO)[C@@H](O[C@@H]2O[C@H](CO)[C@@H](O)[C@H](O)[C@H]2O)[C@H](O)[C@H]1O. The van der Waals surface area contributed by atoms with Gasteiger partial charge in [-0.05, 0) is 6.92 Å². The van der Waals surface area contributed by atoms with E-state index in [0.717, 1.165) is 0 Å². The van der Waals surface area contributed by atoms with Crippen LogP contribution in [0, 0.1) is 0 Å². The lowest BCUT2D eigenvalue weighted by Crippen LogP contribution is -2.67. The van der Waals surface area contributed by atoms with Gasteiger partial charge in [-0.1, -0.05) is 0 Å². The van der Waals surface area contributed by atoms with E-state index >= 15 is 0 Å². The van der Waals surface area contributed by atoms with Crippen LogP contribution in [-0.4, -0.2) is 215 Å². The minimum atomic E-state index is -1.96. The average molecular weight is 665 g/mol. The maximum absolute atomic E-state index is 11.0. The molecule has 0 radical (unpaired) electrons. The standard InChI is InChI=1S/C25H44O20/c1-6-20(22(13(32)9(4-28)39-6)45-24-18(37)15(34)12(31)8(3-27)41-24)43-25-19(38)16(35)21(10(5-29)42-25)44-23-17(36)14(33)11(30)7(2-26)40-23/h6-38H,2-5H2,1H3/t6-,7+,8+,9+,10+,11+,12+,13+,14-,15-,16+,17+,18+,19+,20-,21+,22-,23-,24-,25-/m0/s1. The van der Waals surface area contributed by atoms with E-state index in [4.69, 9.17) is 33.2 Å². The van der Waals surface area contributed by atoms with Gasteiger partial charge in [-0.25, -0.2) is 0 Å². The molecule has 0 saturated carbocycles. The van der Waals surface area contributed by atoms with Crippen molar-refractivity contribution in [1.29, 1.82) is 0 Å². The fraction of sp³-hybridized carbons (Fsp3) is 1.00. The van der Waals surface area contributed by atoms with Gasteiger partial charge < -0.3 is 99.5 Å². The molecule has 13 N–H and O–H groups in total.